The van der Waals surface area contributed by atoms with Gasteiger partial charge >= 0.3 is 0 Å². The summed E-state index contributed by atoms with van der Waals surface area (Å²) in [7, 11) is 1.66. The van der Waals surface area contributed by atoms with Crippen molar-refractivity contribution in [3.8, 4) is 17.1 Å². The maximum atomic E-state index is 5.74. The van der Waals surface area contributed by atoms with Crippen molar-refractivity contribution in [2.45, 2.75) is 0 Å². The Balaban J connectivity index is 1.58. The number of methoxy groups -OCH3 is 1. The van der Waals surface area contributed by atoms with Crippen molar-refractivity contribution in [1.82, 2.24) is 24.5 Å². The second kappa shape index (κ2) is 8.76. The molecule has 1 fully saturated rings. The Hall–Kier alpha value is -2.36. The average molecular weight is 401 g/mol. The first-order chi connectivity index (χ1) is 13.8. The van der Waals surface area contributed by atoms with Crippen molar-refractivity contribution in [2.24, 2.45) is 0 Å². The van der Waals surface area contributed by atoms with Crippen molar-refractivity contribution in [1.29, 1.82) is 0 Å². The van der Waals surface area contributed by atoms with E-state index in [-0.39, 0.29) is 0 Å². The first-order valence-corrected chi connectivity index (χ1v) is 10.4. The molecule has 1 N–H and O–H groups in total. The SMILES string of the molecule is COCCOc1ccc2[nH]nc(-c3cc(N4CCN(SC)CC4)ncn3)c2c1. The van der Waals surface area contributed by atoms with Crippen LogP contribution in [0.5, 0.6) is 5.75 Å². The van der Waals surface area contributed by atoms with Gasteiger partial charge in [0, 0.05) is 44.7 Å². The molecule has 1 aliphatic rings. The Morgan fingerprint density at radius 1 is 1.11 bits per heavy atom. The topological polar surface area (TPSA) is 79.4 Å². The summed E-state index contributed by atoms with van der Waals surface area (Å²) in [5.41, 5.74) is 2.55. The Kier molecular flexibility index (Phi) is 5.94. The van der Waals surface area contributed by atoms with Crippen LogP contribution in [-0.4, -0.2) is 77.2 Å². The first kappa shape index (κ1) is 19.0. The van der Waals surface area contributed by atoms with Crippen molar-refractivity contribution in [3.63, 3.8) is 0 Å². The number of aromatic amines is 1. The zero-order valence-corrected chi connectivity index (χ0v) is 16.9. The number of fused-ring (bicyclic) bond motifs is 1. The Morgan fingerprint density at radius 3 is 2.75 bits per heavy atom. The largest absolute Gasteiger partial charge is 0.491 e. The van der Waals surface area contributed by atoms with Crippen LogP contribution < -0.4 is 9.64 Å². The van der Waals surface area contributed by atoms with Crippen LogP contribution in [0.25, 0.3) is 22.3 Å². The maximum absolute atomic E-state index is 5.74. The molecule has 0 spiro atoms. The molecule has 4 rings (SSSR count). The van der Waals surface area contributed by atoms with Gasteiger partial charge in [0.25, 0.3) is 0 Å². The van der Waals surface area contributed by atoms with E-state index in [1.165, 1.54) is 0 Å². The van der Waals surface area contributed by atoms with Crippen LogP contribution in [0.1, 0.15) is 0 Å². The van der Waals surface area contributed by atoms with Gasteiger partial charge in [-0.15, -0.1) is 0 Å². The van der Waals surface area contributed by atoms with Crippen LogP contribution in [0.15, 0.2) is 30.6 Å². The average Bonchev–Trinajstić information content (AvgIpc) is 3.17. The summed E-state index contributed by atoms with van der Waals surface area (Å²) in [6.45, 7) is 5.01. The minimum Gasteiger partial charge on any atom is -0.491 e. The molecule has 1 saturated heterocycles. The van der Waals surface area contributed by atoms with Gasteiger partial charge in [0.2, 0.25) is 0 Å². The zero-order chi connectivity index (χ0) is 19.3. The number of nitrogens with zero attached hydrogens (tertiary/aromatic N) is 5. The number of hydrogen-bond acceptors (Lipinski definition) is 8. The van der Waals surface area contributed by atoms with Crippen LogP contribution in [0, 0.1) is 0 Å². The quantitative estimate of drug-likeness (QED) is 0.479. The number of anilines is 1. The van der Waals surface area contributed by atoms with Gasteiger partial charge in [-0.2, -0.15) is 5.10 Å². The molecule has 0 bridgehead atoms. The van der Waals surface area contributed by atoms with E-state index in [1.54, 1.807) is 25.4 Å². The highest BCUT2D eigenvalue weighted by molar-refractivity contribution is 7.96. The summed E-state index contributed by atoms with van der Waals surface area (Å²) < 4.78 is 13.2. The first-order valence-electron chi connectivity index (χ1n) is 9.25. The van der Waals surface area contributed by atoms with Crippen LogP contribution in [0.3, 0.4) is 0 Å². The van der Waals surface area contributed by atoms with Crippen LogP contribution in [-0.2, 0) is 4.74 Å². The van der Waals surface area contributed by atoms with E-state index < -0.39 is 0 Å². The minimum atomic E-state index is 0.509. The lowest BCUT2D eigenvalue weighted by Crippen LogP contribution is -2.43. The van der Waals surface area contributed by atoms with Crippen molar-refractivity contribution < 1.29 is 9.47 Å². The zero-order valence-electron chi connectivity index (χ0n) is 16.1. The van der Waals surface area contributed by atoms with E-state index in [9.17, 15) is 0 Å². The summed E-state index contributed by atoms with van der Waals surface area (Å²) in [5, 5.41) is 8.55. The van der Waals surface area contributed by atoms with Crippen molar-refractivity contribution >= 4 is 28.7 Å². The number of benzene rings is 1. The molecule has 0 atom stereocenters. The molecule has 2 aromatic heterocycles. The monoisotopic (exact) mass is 400 g/mol. The van der Waals surface area contributed by atoms with Gasteiger partial charge in [-0.05, 0) is 24.5 Å². The van der Waals surface area contributed by atoms with Gasteiger partial charge in [0.15, 0.2) is 0 Å². The van der Waals surface area contributed by atoms with E-state index in [0.717, 1.165) is 60.0 Å². The molecule has 1 aliphatic heterocycles. The van der Waals surface area contributed by atoms with E-state index in [2.05, 4.69) is 35.6 Å². The number of rotatable bonds is 7. The fourth-order valence-corrected chi connectivity index (χ4v) is 3.80. The molecule has 0 aliphatic carbocycles. The summed E-state index contributed by atoms with van der Waals surface area (Å²) >= 11 is 1.79. The van der Waals surface area contributed by atoms with Gasteiger partial charge in [-0.3, -0.25) is 5.10 Å². The van der Waals surface area contributed by atoms with E-state index in [0.29, 0.717) is 13.2 Å². The predicted molar refractivity (Wildman–Crippen MR) is 112 cm³/mol. The summed E-state index contributed by atoms with van der Waals surface area (Å²) in [6.07, 6.45) is 3.74. The molecular formula is C19H24N6O2S. The molecule has 1 aromatic carbocycles. The van der Waals surface area contributed by atoms with Crippen molar-refractivity contribution in [2.75, 3.05) is 57.7 Å². The number of aromatic nitrogens is 4. The normalized spacial score (nSPS) is 15.3. The molecule has 9 heteroatoms. The molecule has 8 nitrogen and oxygen atoms in total. The number of H-pyrrole nitrogens is 1. The maximum Gasteiger partial charge on any atom is 0.132 e. The summed E-state index contributed by atoms with van der Waals surface area (Å²) in [5.74, 6) is 1.73. The second-order valence-electron chi connectivity index (χ2n) is 6.48. The van der Waals surface area contributed by atoms with E-state index in [4.69, 9.17) is 9.47 Å². The summed E-state index contributed by atoms with van der Waals surface area (Å²) in [4.78, 5) is 11.2. The molecule has 148 valence electrons. The Labute approximate surface area is 168 Å². The van der Waals surface area contributed by atoms with Crippen molar-refractivity contribution in [3.05, 3.63) is 30.6 Å². The predicted octanol–water partition coefficient (Wildman–Crippen LogP) is 2.45. The lowest BCUT2D eigenvalue weighted by atomic mass is 10.1. The number of ether oxygens (including phenoxy) is 2. The molecular weight excluding hydrogens is 376 g/mol. The number of piperazine rings is 1. The highest BCUT2D eigenvalue weighted by Gasteiger charge is 2.19. The number of nitrogens with one attached hydrogen (secondary N) is 1. The lowest BCUT2D eigenvalue weighted by Gasteiger charge is -2.33. The highest BCUT2D eigenvalue weighted by atomic mass is 32.2. The van der Waals surface area contributed by atoms with Gasteiger partial charge in [0.05, 0.1) is 17.8 Å². The smallest absolute Gasteiger partial charge is 0.132 e. The molecule has 3 aromatic rings. The third-order valence-electron chi connectivity index (χ3n) is 4.81. The standard InChI is InChI=1S/C19H24N6O2S/c1-26-9-10-27-14-3-4-16-15(11-14)19(23-22-16)17-12-18(21-13-20-17)24-5-7-25(28-2)8-6-24/h3-4,11-13H,5-10H2,1-2H3,(H,22,23). The van der Waals surface area contributed by atoms with Gasteiger partial charge in [0.1, 0.15) is 30.2 Å². The van der Waals surface area contributed by atoms with Gasteiger partial charge in [-0.25, -0.2) is 14.3 Å². The van der Waals surface area contributed by atoms with Gasteiger partial charge < -0.3 is 14.4 Å². The third kappa shape index (κ3) is 4.06. The van der Waals surface area contributed by atoms with Crippen LogP contribution in [0.2, 0.25) is 0 Å². The van der Waals surface area contributed by atoms with E-state index in [1.807, 2.05) is 24.3 Å². The molecule has 28 heavy (non-hydrogen) atoms. The molecule has 0 radical (unpaired) electrons. The van der Waals surface area contributed by atoms with Crippen LogP contribution in [0.4, 0.5) is 5.82 Å². The Bertz CT molecular complexity index is 926. The molecule has 0 unspecified atom stereocenters. The molecule has 0 amide bonds. The lowest BCUT2D eigenvalue weighted by molar-refractivity contribution is 0.146. The number of hydrogen-bond donors (Lipinski definition) is 1. The Morgan fingerprint density at radius 2 is 1.96 bits per heavy atom. The van der Waals surface area contributed by atoms with Crippen LogP contribution >= 0.6 is 11.9 Å². The molecule has 0 saturated carbocycles. The summed E-state index contributed by atoms with van der Waals surface area (Å²) in [6, 6.07) is 7.90. The minimum absolute atomic E-state index is 0.509. The highest BCUT2D eigenvalue weighted by Crippen LogP contribution is 2.29. The fourth-order valence-electron chi connectivity index (χ4n) is 3.27. The third-order valence-corrected chi connectivity index (χ3v) is 5.69. The van der Waals surface area contributed by atoms with E-state index >= 15 is 0 Å². The second-order valence-corrected chi connectivity index (χ2v) is 7.36. The fraction of sp³-hybridized carbons (Fsp3) is 0.421. The molecule has 3 heterocycles. The van der Waals surface area contributed by atoms with Gasteiger partial charge in [-0.1, -0.05) is 11.9 Å².